The van der Waals surface area contributed by atoms with Gasteiger partial charge in [-0.1, -0.05) is 204 Å². The van der Waals surface area contributed by atoms with Crippen LogP contribution in [0.4, 0.5) is 0 Å². The molecule has 300 valence electrons. The van der Waals surface area contributed by atoms with E-state index in [0.717, 1.165) is 32.1 Å². The van der Waals surface area contributed by atoms with Gasteiger partial charge in [-0.15, -0.1) is 0 Å². The molecule has 0 fully saturated rings. The lowest BCUT2D eigenvalue weighted by atomic mass is 10.0. The SMILES string of the molecule is CCCCCCCCC/C=C/C(O)C(CO)NC(=O)CC(O)CCCCCCCCCCCCC/C=C\C/C=C\CCCCCCCCCCC. The zero-order valence-electron chi connectivity index (χ0n) is 34.0. The van der Waals surface area contributed by atoms with Crippen molar-refractivity contribution < 1.29 is 20.1 Å². The second-order valence-electron chi connectivity index (χ2n) is 15.3. The minimum atomic E-state index is -0.926. The number of rotatable bonds is 40. The van der Waals surface area contributed by atoms with Crippen LogP contribution in [0.2, 0.25) is 0 Å². The number of aliphatic hydroxyl groups excluding tert-OH is 3. The molecule has 0 saturated heterocycles. The molecule has 0 saturated carbocycles. The van der Waals surface area contributed by atoms with Crippen LogP contribution in [0.1, 0.15) is 226 Å². The molecule has 0 radical (unpaired) electrons. The van der Waals surface area contributed by atoms with Crippen LogP contribution in [0.5, 0.6) is 0 Å². The fourth-order valence-corrected chi connectivity index (χ4v) is 6.72. The molecule has 0 bridgehead atoms. The van der Waals surface area contributed by atoms with Crippen LogP contribution < -0.4 is 5.32 Å². The first-order valence-corrected chi connectivity index (χ1v) is 22.3. The second kappa shape index (κ2) is 41.3. The highest BCUT2D eigenvalue weighted by atomic mass is 16.3. The van der Waals surface area contributed by atoms with E-state index >= 15 is 0 Å². The molecular weight excluding hydrogens is 631 g/mol. The summed E-state index contributed by atoms with van der Waals surface area (Å²) in [6, 6.07) is -0.742. The first kappa shape index (κ1) is 49.6. The van der Waals surface area contributed by atoms with Gasteiger partial charge in [0.2, 0.25) is 5.91 Å². The maximum atomic E-state index is 12.4. The Kier molecular flexibility index (Phi) is 40.2. The van der Waals surface area contributed by atoms with Crippen LogP contribution >= 0.6 is 0 Å². The average Bonchev–Trinajstić information content (AvgIpc) is 3.12. The van der Waals surface area contributed by atoms with Crippen LogP contribution in [0.25, 0.3) is 0 Å². The van der Waals surface area contributed by atoms with Crippen molar-refractivity contribution in [2.24, 2.45) is 0 Å². The normalized spacial score (nSPS) is 13.9. The van der Waals surface area contributed by atoms with E-state index in [0.29, 0.717) is 6.42 Å². The van der Waals surface area contributed by atoms with Crippen molar-refractivity contribution in [2.75, 3.05) is 6.61 Å². The largest absolute Gasteiger partial charge is 0.394 e. The first-order chi connectivity index (χ1) is 25.0. The van der Waals surface area contributed by atoms with Gasteiger partial charge in [-0.25, -0.2) is 0 Å². The van der Waals surface area contributed by atoms with Gasteiger partial charge >= 0.3 is 0 Å². The van der Waals surface area contributed by atoms with E-state index in [1.54, 1.807) is 6.08 Å². The van der Waals surface area contributed by atoms with E-state index in [2.05, 4.69) is 43.5 Å². The second-order valence-corrected chi connectivity index (χ2v) is 15.3. The Balaban J connectivity index is 3.57. The van der Waals surface area contributed by atoms with Gasteiger partial charge in [0.25, 0.3) is 0 Å². The predicted octanol–water partition coefficient (Wildman–Crippen LogP) is 12.8. The minimum Gasteiger partial charge on any atom is -0.394 e. The molecule has 0 aliphatic heterocycles. The number of hydrogen-bond donors (Lipinski definition) is 4. The number of amides is 1. The number of hydrogen-bond acceptors (Lipinski definition) is 4. The zero-order chi connectivity index (χ0) is 37.3. The van der Waals surface area contributed by atoms with Crippen LogP contribution in [0, 0.1) is 0 Å². The number of aliphatic hydroxyl groups is 3. The van der Waals surface area contributed by atoms with Gasteiger partial charge in [-0.3, -0.25) is 4.79 Å². The number of carbonyl (C=O) groups excluding carboxylic acids is 1. The topological polar surface area (TPSA) is 89.8 Å². The molecule has 51 heavy (non-hydrogen) atoms. The van der Waals surface area contributed by atoms with Gasteiger partial charge in [0, 0.05) is 0 Å². The predicted molar refractivity (Wildman–Crippen MR) is 222 cm³/mol. The summed E-state index contributed by atoms with van der Waals surface area (Å²) in [6.07, 6.45) is 51.6. The minimum absolute atomic E-state index is 0.0120. The summed E-state index contributed by atoms with van der Waals surface area (Å²) in [5.41, 5.74) is 0. The summed E-state index contributed by atoms with van der Waals surface area (Å²) in [7, 11) is 0. The smallest absolute Gasteiger partial charge is 0.222 e. The lowest BCUT2D eigenvalue weighted by Crippen LogP contribution is -2.45. The molecule has 0 rings (SSSR count). The highest BCUT2D eigenvalue weighted by Crippen LogP contribution is 2.15. The molecule has 0 spiro atoms. The standard InChI is InChI=1S/C46H87NO4/c1-3-5-7-9-11-13-14-15-16-17-18-19-20-21-22-23-24-25-26-27-28-29-30-32-33-35-37-39-43(49)41-46(51)47-44(42-48)45(50)40-38-36-34-31-12-10-8-6-4-2/h18-19,21-22,38,40,43-45,48-50H,3-17,20,23-37,39,41-42H2,1-2H3,(H,47,51)/b19-18-,22-21-,40-38+. The Morgan fingerprint density at radius 3 is 1.29 bits per heavy atom. The Bertz CT molecular complexity index is 794. The number of nitrogens with one attached hydrogen (secondary N) is 1. The molecule has 5 nitrogen and oxygen atoms in total. The Morgan fingerprint density at radius 2 is 0.882 bits per heavy atom. The fourth-order valence-electron chi connectivity index (χ4n) is 6.72. The van der Waals surface area contributed by atoms with E-state index in [1.807, 2.05) is 6.08 Å². The summed E-state index contributed by atoms with van der Waals surface area (Å²) in [5.74, 6) is -0.319. The third kappa shape index (κ3) is 38.1. The lowest BCUT2D eigenvalue weighted by Gasteiger charge is -2.21. The van der Waals surface area contributed by atoms with Crippen molar-refractivity contribution in [3.8, 4) is 0 Å². The van der Waals surface area contributed by atoms with Gasteiger partial charge in [0.1, 0.15) is 0 Å². The van der Waals surface area contributed by atoms with E-state index < -0.39 is 18.2 Å². The van der Waals surface area contributed by atoms with Crippen molar-refractivity contribution in [1.29, 1.82) is 0 Å². The van der Waals surface area contributed by atoms with Crippen LogP contribution in [0.3, 0.4) is 0 Å². The van der Waals surface area contributed by atoms with Crippen molar-refractivity contribution >= 4 is 5.91 Å². The third-order valence-electron chi connectivity index (χ3n) is 10.2. The van der Waals surface area contributed by atoms with Crippen molar-refractivity contribution in [1.82, 2.24) is 5.32 Å². The van der Waals surface area contributed by atoms with E-state index in [1.165, 1.54) is 167 Å². The molecule has 0 aliphatic rings. The zero-order valence-corrected chi connectivity index (χ0v) is 34.0. The summed E-state index contributed by atoms with van der Waals surface area (Å²) in [5, 5.41) is 33.1. The molecule has 0 heterocycles. The van der Waals surface area contributed by atoms with E-state index in [-0.39, 0.29) is 18.9 Å². The van der Waals surface area contributed by atoms with Gasteiger partial charge < -0.3 is 20.6 Å². The summed E-state index contributed by atoms with van der Waals surface area (Å²) >= 11 is 0. The summed E-state index contributed by atoms with van der Waals surface area (Å²) in [4.78, 5) is 12.4. The third-order valence-corrected chi connectivity index (χ3v) is 10.2. The summed E-state index contributed by atoms with van der Waals surface area (Å²) < 4.78 is 0. The maximum Gasteiger partial charge on any atom is 0.222 e. The average molecular weight is 718 g/mol. The lowest BCUT2D eigenvalue weighted by molar-refractivity contribution is -0.124. The van der Waals surface area contributed by atoms with Crippen LogP contribution in [0.15, 0.2) is 36.5 Å². The van der Waals surface area contributed by atoms with E-state index in [9.17, 15) is 20.1 Å². The number of carbonyl (C=O) groups is 1. The molecule has 3 atom stereocenters. The van der Waals surface area contributed by atoms with Gasteiger partial charge in [0.15, 0.2) is 0 Å². The van der Waals surface area contributed by atoms with Gasteiger partial charge in [-0.2, -0.15) is 0 Å². The van der Waals surface area contributed by atoms with Crippen LogP contribution in [-0.2, 0) is 4.79 Å². The highest BCUT2D eigenvalue weighted by Gasteiger charge is 2.20. The van der Waals surface area contributed by atoms with Crippen molar-refractivity contribution in [3.63, 3.8) is 0 Å². The molecule has 0 aromatic carbocycles. The Hall–Kier alpha value is -1.43. The molecule has 0 aromatic heterocycles. The van der Waals surface area contributed by atoms with Crippen LogP contribution in [-0.4, -0.2) is 46.1 Å². The number of allylic oxidation sites excluding steroid dienone is 5. The quantitative estimate of drug-likeness (QED) is 0.0375. The monoisotopic (exact) mass is 718 g/mol. The van der Waals surface area contributed by atoms with Gasteiger partial charge in [-0.05, 0) is 51.4 Å². The van der Waals surface area contributed by atoms with Crippen molar-refractivity contribution in [2.45, 2.75) is 244 Å². The highest BCUT2D eigenvalue weighted by molar-refractivity contribution is 5.76. The number of unbranched alkanes of at least 4 members (excludes halogenated alkanes) is 27. The molecule has 5 heteroatoms. The maximum absolute atomic E-state index is 12.4. The molecule has 1 amide bonds. The molecule has 4 N–H and O–H groups in total. The Morgan fingerprint density at radius 1 is 0.510 bits per heavy atom. The molecular formula is C46H87NO4. The molecule has 3 unspecified atom stereocenters. The molecule has 0 aliphatic carbocycles. The van der Waals surface area contributed by atoms with Gasteiger partial charge in [0.05, 0.1) is 31.3 Å². The van der Waals surface area contributed by atoms with Crippen molar-refractivity contribution in [3.05, 3.63) is 36.5 Å². The van der Waals surface area contributed by atoms with E-state index in [4.69, 9.17) is 0 Å². The summed E-state index contributed by atoms with van der Waals surface area (Å²) in [6.45, 7) is 4.18. The first-order valence-electron chi connectivity index (χ1n) is 22.3. The molecule has 0 aromatic rings. The Labute approximate surface area is 317 Å². The fraction of sp³-hybridized carbons (Fsp3) is 0.848.